The SMILES string of the molecule is O=[N+]([O-])c1cnc(-n2cc([N+](=O)[O-])cn2)nc1. The standard InChI is InChI=1S/C7H4N6O4/c14-12(15)5-1-8-7(9-2-5)11-4-6(3-10-11)13(16)17/h1-4H. The van der Waals surface area contributed by atoms with Crippen molar-refractivity contribution in [3.63, 3.8) is 0 Å². The average Bonchev–Trinajstić information content (AvgIpc) is 2.78. The molecule has 0 bridgehead atoms. The van der Waals surface area contributed by atoms with Gasteiger partial charge in [-0.05, 0) is 0 Å². The molecule has 0 aromatic carbocycles. The highest BCUT2D eigenvalue weighted by molar-refractivity contribution is 5.28. The fraction of sp³-hybridized carbons (Fsp3) is 0. The van der Waals surface area contributed by atoms with Crippen LogP contribution in [0, 0.1) is 20.2 Å². The highest BCUT2D eigenvalue weighted by Crippen LogP contribution is 2.12. The van der Waals surface area contributed by atoms with Crippen molar-refractivity contribution in [3.05, 3.63) is 45.0 Å². The molecule has 0 saturated carbocycles. The first kappa shape index (κ1) is 10.6. The Kier molecular flexibility index (Phi) is 2.45. The quantitative estimate of drug-likeness (QED) is 0.559. The number of nitrogens with zero attached hydrogens (tertiary/aromatic N) is 6. The van der Waals surface area contributed by atoms with Crippen LogP contribution in [0.25, 0.3) is 5.95 Å². The first-order valence-corrected chi connectivity index (χ1v) is 4.24. The van der Waals surface area contributed by atoms with Crippen molar-refractivity contribution in [2.24, 2.45) is 0 Å². The number of hydrogen-bond donors (Lipinski definition) is 0. The van der Waals surface area contributed by atoms with Gasteiger partial charge in [-0.15, -0.1) is 0 Å². The topological polar surface area (TPSA) is 130 Å². The van der Waals surface area contributed by atoms with Crippen LogP contribution in [0.15, 0.2) is 24.8 Å². The summed E-state index contributed by atoms with van der Waals surface area (Å²) in [7, 11) is 0. The van der Waals surface area contributed by atoms with Gasteiger partial charge in [-0.1, -0.05) is 0 Å². The Hall–Kier alpha value is -2.91. The first-order chi connectivity index (χ1) is 8.08. The minimum Gasteiger partial charge on any atom is -0.258 e. The van der Waals surface area contributed by atoms with Crippen LogP contribution >= 0.6 is 0 Å². The fourth-order valence-corrected chi connectivity index (χ4v) is 1.04. The summed E-state index contributed by atoms with van der Waals surface area (Å²) in [6, 6.07) is 0. The molecule has 0 spiro atoms. The second kappa shape index (κ2) is 3.92. The van der Waals surface area contributed by atoms with E-state index >= 15 is 0 Å². The van der Waals surface area contributed by atoms with E-state index in [1.165, 1.54) is 0 Å². The Labute approximate surface area is 92.8 Å². The van der Waals surface area contributed by atoms with E-state index in [4.69, 9.17) is 0 Å². The molecule has 0 unspecified atom stereocenters. The van der Waals surface area contributed by atoms with E-state index < -0.39 is 9.85 Å². The van der Waals surface area contributed by atoms with Gasteiger partial charge in [0, 0.05) is 0 Å². The van der Waals surface area contributed by atoms with Crippen LogP contribution in [0.2, 0.25) is 0 Å². The summed E-state index contributed by atoms with van der Waals surface area (Å²) >= 11 is 0. The lowest BCUT2D eigenvalue weighted by atomic mass is 10.5. The molecule has 0 aliphatic carbocycles. The predicted molar refractivity (Wildman–Crippen MR) is 52.5 cm³/mol. The number of hydrogen-bond acceptors (Lipinski definition) is 7. The van der Waals surface area contributed by atoms with Crippen molar-refractivity contribution >= 4 is 11.4 Å². The average molecular weight is 236 g/mol. The minimum absolute atomic E-state index is 0.0173. The molecule has 0 aliphatic heterocycles. The van der Waals surface area contributed by atoms with E-state index in [1.54, 1.807) is 0 Å². The molecule has 10 heteroatoms. The summed E-state index contributed by atoms with van der Waals surface area (Å²) in [4.78, 5) is 26.8. The maximum Gasteiger partial charge on any atom is 0.307 e. The highest BCUT2D eigenvalue weighted by atomic mass is 16.6. The van der Waals surface area contributed by atoms with Gasteiger partial charge in [0.2, 0.25) is 0 Å². The summed E-state index contributed by atoms with van der Waals surface area (Å²) in [5.74, 6) is 0.0173. The molecule has 2 heterocycles. The third-order valence-corrected chi connectivity index (χ3v) is 1.82. The monoisotopic (exact) mass is 236 g/mol. The summed E-state index contributed by atoms with van der Waals surface area (Å²) in [5.41, 5.74) is -0.484. The molecular weight excluding hydrogens is 232 g/mol. The van der Waals surface area contributed by atoms with Gasteiger partial charge in [-0.3, -0.25) is 20.2 Å². The van der Waals surface area contributed by atoms with Gasteiger partial charge in [0.15, 0.2) is 0 Å². The molecule has 0 radical (unpaired) electrons. The molecule has 0 N–H and O–H groups in total. The third-order valence-electron chi connectivity index (χ3n) is 1.82. The van der Waals surface area contributed by atoms with Crippen molar-refractivity contribution in [2.75, 3.05) is 0 Å². The van der Waals surface area contributed by atoms with Crippen LogP contribution < -0.4 is 0 Å². The number of aromatic nitrogens is 4. The molecular formula is C7H4N6O4. The van der Waals surface area contributed by atoms with Crippen LogP contribution in [-0.2, 0) is 0 Å². The van der Waals surface area contributed by atoms with Crippen LogP contribution in [-0.4, -0.2) is 29.6 Å². The van der Waals surface area contributed by atoms with Crippen LogP contribution in [0.3, 0.4) is 0 Å². The lowest BCUT2D eigenvalue weighted by molar-refractivity contribution is -0.385. The maximum absolute atomic E-state index is 10.4. The van der Waals surface area contributed by atoms with Gasteiger partial charge in [0.1, 0.15) is 24.8 Å². The zero-order valence-corrected chi connectivity index (χ0v) is 8.13. The van der Waals surface area contributed by atoms with Crippen molar-refractivity contribution in [2.45, 2.75) is 0 Å². The molecule has 0 saturated heterocycles. The van der Waals surface area contributed by atoms with Gasteiger partial charge < -0.3 is 0 Å². The lowest BCUT2D eigenvalue weighted by Crippen LogP contribution is -2.02. The summed E-state index contributed by atoms with van der Waals surface area (Å²) < 4.78 is 1.06. The van der Waals surface area contributed by atoms with Gasteiger partial charge in [0.25, 0.3) is 5.95 Å². The Bertz CT molecular complexity index is 576. The molecule has 0 aliphatic rings. The largest absolute Gasteiger partial charge is 0.307 e. The Morgan fingerprint density at radius 1 is 1.00 bits per heavy atom. The van der Waals surface area contributed by atoms with Gasteiger partial charge >= 0.3 is 11.4 Å². The zero-order valence-electron chi connectivity index (χ0n) is 8.13. The van der Waals surface area contributed by atoms with Crippen LogP contribution in [0.5, 0.6) is 0 Å². The van der Waals surface area contributed by atoms with Gasteiger partial charge in [0.05, 0.1) is 9.85 Å². The minimum atomic E-state index is -0.644. The molecule has 2 aromatic heterocycles. The third kappa shape index (κ3) is 2.04. The van der Waals surface area contributed by atoms with Crippen molar-refractivity contribution in [3.8, 4) is 5.95 Å². The first-order valence-electron chi connectivity index (χ1n) is 4.24. The summed E-state index contributed by atoms with van der Waals surface area (Å²) in [6.07, 6.45) is 4.14. The molecule has 2 rings (SSSR count). The number of rotatable bonds is 3. The van der Waals surface area contributed by atoms with Crippen molar-refractivity contribution in [1.29, 1.82) is 0 Å². The van der Waals surface area contributed by atoms with E-state index in [9.17, 15) is 20.2 Å². The van der Waals surface area contributed by atoms with Crippen LogP contribution in [0.1, 0.15) is 0 Å². The second-order valence-corrected chi connectivity index (χ2v) is 2.90. The molecule has 86 valence electrons. The normalized spacial score (nSPS) is 10.1. The predicted octanol–water partition coefficient (Wildman–Crippen LogP) is 0.479. The molecule has 10 nitrogen and oxygen atoms in total. The summed E-state index contributed by atoms with van der Waals surface area (Å²) in [6.45, 7) is 0. The van der Waals surface area contributed by atoms with Crippen LogP contribution in [0.4, 0.5) is 11.4 Å². The highest BCUT2D eigenvalue weighted by Gasteiger charge is 2.12. The Morgan fingerprint density at radius 3 is 2.06 bits per heavy atom. The maximum atomic E-state index is 10.4. The van der Waals surface area contributed by atoms with E-state index in [1.807, 2.05) is 0 Å². The van der Waals surface area contributed by atoms with Gasteiger partial charge in [-0.2, -0.15) is 9.78 Å². The Balaban J connectivity index is 2.33. The van der Waals surface area contributed by atoms with Gasteiger partial charge in [-0.25, -0.2) is 9.97 Å². The molecule has 0 atom stereocenters. The fourth-order valence-electron chi connectivity index (χ4n) is 1.04. The lowest BCUT2D eigenvalue weighted by Gasteiger charge is -1.96. The summed E-state index contributed by atoms with van der Waals surface area (Å²) in [5, 5.41) is 24.4. The molecule has 17 heavy (non-hydrogen) atoms. The number of nitro groups is 2. The Morgan fingerprint density at radius 2 is 1.59 bits per heavy atom. The van der Waals surface area contributed by atoms with E-state index in [-0.39, 0.29) is 17.3 Å². The van der Waals surface area contributed by atoms with Crippen molar-refractivity contribution in [1.82, 2.24) is 19.7 Å². The van der Waals surface area contributed by atoms with Crippen molar-refractivity contribution < 1.29 is 9.85 Å². The molecule has 0 amide bonds. The second-order valence-electron chi connectivity index (χ2n) is 2.90. The zero-order chi connectivity index (χ0) is 12.4. The molecule has 2 aromatic rings. The smallest absolute Gasteiger partial charge is 0.258 e. The van der Waals surface area contributed by atoms with E-state index in [0.29, 0.717) is 0 Å². The van der Waals surface area contributed by atoms with E-state index in [2.05, 4.69) is 15.1 Å². The van der Waals surface area contributed by atoms with E-state index in [0.717, 1.165) is 29.5 Å². The molecule has 0 fully saturated rings.